The molecule has 4 heteroatoms. The van der Waals surface area contributed by atoms with Crippen LogP contribution in [0.1, 0.15) is 56.7 Å². The van der Waals surface area contributed by atoms with E-state index < -0.39 is 5.41 Å². The fourth-order valence-corrected chi connectivity index (χ4v) is 1.24. The van der Waals surface area contributed by atoms with Crippen molar-refractivity contribution in [1.82, 2.24) is 9.97 Å². The van der Waals surface area contributed by atoms with Gasteiger partial charge in [-0.25, -0.2) is 9.97 Å². The number of carbonyl (C=O) groups excluding carboxylic acids is 1. The monoisotopic (exact) mass is 248 g/mol. The van der Waals surface area contributed by atoms with Gasteiger partial charge in [0.05, 0.1) is 0 Å². The van der Waals surface area contributed by atoms with Crippen LogP contribution in [0.4, 0.5) is 0 Å². The first-order valence-electron chi connectivity index (χ1n) is 5.99. The fraction of sp³-hybridized carbons (Fsp3) is 0.500. The highest BCUT2D eigenvalue weighted by Crippen LogP contribution is 2.22. The molecular weight excluding hydrogens is 228 g/mol. The summed E-state index contributed by atoms with van der Waals surface area (Å²) >= 11 is 0. The Morgan fingerprint density at radius 1 is 1.33 bits per heavy atom. The maximum absolute atomic E-state index is 11.9. The van der Waals surface area contributed by atoms with E-state index in [1.54, 1.807) is 6.07 Å². The second kappa shape index (κ2) is 5.29. The Balaban J connectivity index is 3.02. The summed E-state index contributed by atoms with van der Waals surface area (Å²) in [5.41, 5.74) is 0.685. The van der Waals surface area contributed by atoms with Gasteiger partial charge in [-0.3, -0.25) is 4.79 Å². The minimum atomic E-state index is -0.441. The number of aromatic nitrogens is 2. The third-order valence-corrected chi connectivity index (χ3v) is 2.57. The maximum Gasteiger partial charge on any atom is 0.207 e. The molecule has 0 bridgehead atoms. The Kier molecular flexibility index (Phi) is 4.22. The van der Waals surface area contributed by atoms with E-state index in [4.69, 9.17) is 0 Å². The van der Waals surface area contributed by atoms with Gasteiger partial charge in [-0.05, 0) is 12.0 Å². The molecule has 0 spiro atoms. The molecule has 1 heterocycles. The van der Waals surface area contributed by atoms with Gasteiger partial charge in [0, 0.05) is 17.2 Å². The zero-order valence-corrected chi connectivity index (χ0v) is 11.6. The first-order chi connectivity index (χ1) is 8.21. The lowest BCUT2D eigenvalue weighted by Crippen LogP contribution is -2.12. The van der Waals surface area contributed by atoms with Crippen molar-refractivity contribution in [1.29, 1.82) is 0 Å². The Bertz CT molecular complexity index is 471. The Morgan fingerprint density at radius 2 is 1.94 bits per heavy atom. The van der Waals surface area contributed by atoms with Gasteiger partial charge in [0.25, 0.3) is 0 Å². The van der Waals surface area contributed by atoms with Crippen LogP contribution in [0.2, 0.25) is 0 Å². The summed E-state index contributed by atoms with van der Waals surface area (Å²) in [6.07, 6.45) is 2.61. The number of hydrogen-bond acceptors (Lipinski definition) is 4. The predicted octanol–water partition coefficient (Wildman–Crippen LogP) is 3.27. The van der Waals surface area contributed by atoms with Crippen LogP contribution in [-0.2, 0) is 0 Å². The Morgan fingerprint density at radius 3 is 2.44 bits per heavy atom. The third kappa shape index (κ3) is 3.65. The molecule has 0 unspecified atom stereocenters. The number of allylic oxidation sites excluding steroid dienone is 2. The van der Waals surface area contributed by atoms with Gasteiger partial charge in [0.2, 0.25) is 5.78 Å². The summed E-state index contributed by atoms with van der Waals surface area (Å²) in [6.45, 7) is 9.51. The van der Waals surface area contributed by atoms with E-state index in [0.29, 0.717) is 5.69 Å². The third-order valence-electron chi connectivity index (χ3n) is 2.57. The minimum Gasteiger partial charge on any atom is -0.512 e. The van der Waals surface area contributed by atoms with Crippen LogP contribution in [0.3, 0.4) is 0 Å². The van der Waals surface area contributed by atoms with Gasteiger partial charge in [-0.15, -0.1) is 0 Å². The molecule has 0 radical (unpaired) electrons. The summed E-state index contributed by atoms with van der Waals surface area (Å²) < 4.78 is 0. The van der Waals surface area contributed by atoms with Gasteiger partial charge in [-0.2, -0.15) is 0 Å². The van der Waals surface area contributed by atoms with Crippen molar-refractivity contribution in [3.63, 3.8) is 0 Å². The van der Waals surface area contributed by atoms with E-state index in [9.17, 15) is 9.90 Å². The number of ketones is 1. The number of hydrogen-bond donors (Lipinski definition) is 1. The molecule has 0 aliphatic rings. The zero-order valence-electron chi connectivity index (χ0n) is 11.6. The number of aliphatic hydroxyl groups is 1. The van der Waals surface area contributed by atoms with E-state index >= 15 is 0 Å². The molecule has 0 saturated carbocycles. The normalized spacial score (nSPS) is 12.9. The maximum atomic E-state index is 11.9. The molecular formula is C14H20N2O2. The van der Waals surface area contributed by atoms with Gasteiger partial charge < -0.3 is 5.11 Å². The van der Waals surface area contributed by atoms with Crippen LogP contribution in [0.25, 0.3) is 0 Å². The predicted molar refractivity (Wildman–Crippen MR) is 70.6 cm³/mol. The van der Waals surface area contributed by atoms with Crippen molar-refractivity contribution in [2.75, 3.05) is 0 Å². The average molecular weight is 248 g/mol. The zero-order chi connectivity index (χ0) is 13.9. The van der Waals surface area contributed by atoms with E-state index in [1.807, 2.05) is 34.6 Å². The summed E-state index contributed by atoms with van der Waals surface area (Å²) in [6, 6.07) is 1.67. The van der Waals surface area contributed by atoms with Crippen molar-refractivity contribution < 1.29 is 9.90 Å². The van der Waals surface area contributed by atoms with Crippen molar-refractivity contribution in [3.8, 4) is 0 Å². The fourth-order valence-electron chi connectivity index (χ4n) is 1.24. The highest BCUT2D eigenvalue weighted by molar-refractivity contribution is 6.03. The summed E-state index contributed by atoms with van der Waals surface area (Å²) in [5.74, 6) is -0.0105. The molecule has 0 fully saturated rings. The molecule has 0 aromatic carbocycles. The lowest BCUT2D eigenvalue weighted by Gasteiger charge is -2.16. The van der Waals surface area contributed by atoms with Crippen molar-refractivity contribution in [3.05, 3.63) is 35.6 Å². The first kappa shape index (κ1) is 14.4. The largest absolute Gasteiger partial charge is 0.512 e. The van der Waals surface area contributed by atoms with Crippen LogP contribution in [0, 0.1) is 5.41 Å². The molecule has 1 aromatic heterocycles. The van der Waals surface area contributed by atoms with Crippen LogP contribution in [0.15, 0.2) is 24.2 Å². The highest BCUT2D eigenvalue weighted by atomic mass is 16.3. The molecule has 0 saturated heterocycles. The quantitative estimate of drug-likeness (QED) is 0.506. The SMILES string of the molecule is CC(C)c1cc(C(=O)/C=C(\O)C(C)(C)C)ncn1. The van der Waals surface area contributed by atoms with Gasteiger partial charge >= 0.3 is 0 Å². The van der Waals surface area contributed by atoms with Crippen molar-refractivity contribution >= 4 is 5.78 Å². The van der Waals surface area contributed by atoms with Crippen LogP contribution < -0.4 is 0 Å². The number of rotatable bonds is 3. The molecule has 0 atom stereocenters. The van der Waals surface area contributed by atoms with Crippen LogP contribution in [-0.4, -0.2) is 20.9 Å². The Labute approximate surface area is 108 Å². The van der Waals surface area contributed by atoms with Crippen molar-refractivity contribution in [2.45, 2.75) is 40.5 Å². The average Bonchev–Trinajstić information content (AvgIpc) is 2.27. The van der Waals surface area contributed by atoms with E-state index in [0.717, 1.165) is 5.69 Å². The van der Waals surface area contributed by atoms with Gasteiger partial charge in [0.1, 0.15) is 17.8 Å². The van der Waals surface area contributed by atoms with E-state index in [-0.39, 0.29) is 17.5 Å². The standard InChI is InChI=1S/C14H20N2O2/c1-9(2)10-6-11(16-8-15-10)12(17)7-13(18)14(3,4)5/h6-9,18H,1-5H3/b13-7-. The molecule has 4 nitrogen and oxygen atoms in total. The second-order valence-electron chi connectivity index (χ2n) is 5.63. The molecule has 1 N–H and O–H groups in total. The lowest BCUT2D eigenvalue weighted by molar-refractivity contribution is 0.103. The number of aliphatic hydroxyl groups excluding tert-OH is 1. The molecule has 1 aromatic rings. The van der Waals surface area contributed by atoms with Crippen LogP contribution in [0.5, 0.6) is 0 Å². The minimum absolute atomic E-state index is 0.0530. The molecule has 98 valence electrons. The topological polar surface area (TPSA) is 63.1 Å². The first-order valence-corrected chi connectivity index (χ1v) is 5.99. The number of nitrogens with zero attached hydrogens (tertiary/aromatic N) is 2. The molecule has 18 heavy (non-hydrogen) atoms. The highest BCUT2D eigenvalue weighted by Gasteiger charge is 2.18. The Hall–Kier alpha value is -1.71. The molecule has 1 rings (SSSR count). The smallest absolute Gasteiger partial charge is 0.207 e. The van der Waals surface area contributed by atoms with Crippen molar-refractivity contribution in [2.24, 2.45) is 5.41 Å². The van der Waals surface area contributed by atoms with Gasteiger partial charge in [0.15, 0.2) is 0 Å². The lowest BCUT2D eigenvalue weighted by atomic mass is 9.93. The van der Waals surface area contributed by atoms with E-state index in [2.05, 4.69) is 9.97 Å². The molecule has 0 amide bonds. The second-order valence-corrected chi connectivity index (χ2v) is 5.63. The molecule has 0 aliphatic carbocycles. The van der Waals surface area contributed by atoms with E-state index in [1.165, 1.54) is 12.4 Å². The van der Waals surface area contributed by atoms with Crippen LogP contribution >= 0.6 is 0 Å². The summed E-state index contributed by atoms with van der Waals surface area (Å²) in [7, 11) is 0. The summed E-state index contributed by atoms with van der Waals surface area (Å²) in [4.78, 5) is 20.0. The van der Waals surface area contributed by atoms with Gasteiger partial charge in [-0.1, -0.05) is 34.6 Å². The molecule has 0 aliphatic heterocycles. The summed E-state index contributed by atoms with van der Waals surface area (Å²) in [5, 5.41) is 9.79. The number of carbonyl (C=O) groups is 1.